The molecule has 0 bridgehead atoms. The molecule has 1 saturated heterocycles. The van der Waals surface area contributed by atoms with Gasteiger partial charge in [-0.3, -0.25) is 14.4 Å². The minimum Gasteiger partial charge on any atom is -0.503 e. The maximum atomic E-state index is 13.8. The van der Waals surface area contributed by atoms with Gasteiger partial charge in [0.25, 0.3) is 11.8 Å². The van der Waals surface area contributed by atoms with Gasteiger partial charge < -0.3 is 24.6 Å². The van der Waals surface area contributed by atoms with Crippen molar-refractivity contribution in [2.24, 2.45) is 0 Å². The van der Waals surface area contributed by atoms with Crippen LogP contribution in [0, 0.1) is 11.6 Å². The van der Waals surface area contributed by atoms with Gasteiger partial charge in [0.05, 0.1) is 13.2 Å². The van der Waals surface area contributed by atoms with Crippen molar-refractivity contribution in [2.75, 3.05) is 26.3 Å². The largest absolute Gasteiger partial charge is 0.503 e. The van der Waals surface area contributed by atoms with Gasteiger partial charge in [-0.2, -0.15) is 0 Å². The molecule has 158 valence electrons. The zero-order valence-electron chi connectivity index (χ0n) is 16.1. The zero-order valence-corrected chi connectivity index (χ0v) is 16.1. The molecule has 2 aliphatic rings. The molecule has 0 aliphatic carbocycles. The minimum atomic E-state index is -1.000. The summed E-state index contributed by atoms with van der Waals surface area (Å²) in [5.74, 6) is -3.76. The van der Waals surface area contributed by atoms with Crippen LogP contribution in [0.1, 0.15) is 33.3 Å². The Morgan fingerprint density at radius 3 is 2.63 bits per heavy atom. The fourth-order valence-corrected chi connectivity index (χ4v) is 3.75. The summed E-state index contributed by atoms with van der Waals surface area (Å²) < 4.78 is 33.6. The van der Waals surface area contributed by atoms with Crippen molar-refractivity contribution >= 4 is 11.8 Å². The molecule has 1 fully saturated rings. The monoisotopic (exact) mass is 419 g/mol. The fourth-order valence-electron chi connectivity index (χ4n) is 3.75. The highest BCUT2D eigenvalue weighted by Gasteiger charge is 2.49. The first kappa shape index (κ1) is 20.0. The number of likely N-dealkylation sites (N-methyl/N-ethyl adjacent to an activating group) is 1. The average Bonchev–Trinajstić information content (AvgIpc) is 2.68. The van der Waals surface area contributed by atoms with Crippen molar-refractivity contribution in [3.8, 4) is 5.75 Å². The molecule has 3 heterocycles. The highest BCUT2D eigenvalue weighted by molar-refractivity contribution is 5.99. The van der Waals surface area contributed by atoms with Crippen LogP contribution < -0.4 is 10.7 Å². The molecule has 1 aromatic carbocycles. The standard InChI is InChI=1S/C20H19F2N3O5/c1-2-24-8-20(9-30-10-20)25-7-13(16(26)17(27)15(25)19(24)29)18(28)23-6-11-3-4-12(21)5-14(11)22/h3-5,7,27H,2,6,8-10H2,1H3,(H,23,28). The molecule has 0 unspecified atom stereocenters. The molecule has 2 amide bonds. The predicted octanol–water partition coefficient (Wildman–Crippen LogP) is 0.963. The maximum absolute atomic E-state index is 13.8. The molecular weight excluding hydrogens is 400 g/mol. The topological polar surface area (TPSA) is 101 Å². The molecule has 1 aromatic heterocycles. The number of ether oxygens (including phenoxy) is 1. The van der Waals surface area contributed by atoms with Gasteiger partial charge in [-0.05, 0) is 13.0 Å². The first-order chi connectivity index (χ1) is 14.3. The summed E-state index contributed by atoms with van der Waals surface area (Å²) in [5.41, 5.74) is -2.22. The van der Waals surface area contributed by atoms with Crippen LogP contribution in [-0.4, -0.2) is 52.7 Å². The average molecular weight is 419 g/mol. The molecule has 30 heavy (non-hydrogen) atoms. The predicted molar refractivity (Wildman–Crippen MR) is 100 cm³/mol. The van der Waals surface area contributed by atoms with Crippen molar-refractivity contribution in [3.05, 3.63) is 63.1 Å². The second-order valence-electron chi connectivity index (χ2n) is 7.39. The Hall–Kier alpha value is -3.27. The van der Waals surface area contributed by atoms with E-state index in [9.17, 15) is 28.3 Å². The number of carbonyl (C=O) groups is 2. The molecule has 10 heteroatoms. The van der Waals surface area contributed by atoms with Gasteiger partial charge in [-0.15, -0.1) is 0 Å². The van der Waals surface area contributed by atoms with Crippen LogP contribution in [0.4, 0.5) is 8.78 Å². The summed E-state index contributed by atoms with van der Waals surface area (Å²) in [4.78, 5) is 39.4. The summed E-state index contributed by atoms with van der Waals surface area (Å²) in [5, 5.41) is 12.9. The molecular formula is C20H19F2N3O5. The highest BCUT2D eigenvalue weighted by Crippen LogP contribution is 2.35. The Kier molecular flexibility index (Phi) is 4.81. The van der Waals surface area contributed by atoms with E-state index in [4.69, 9.17) is 4.74 Å². The summed E-state index contributed by atoms with van der Waals surface area (Å²) >= 11 is 0. The second-order valence-corrected chi connectivity index (χ2v) is 7.39. The van der Waals surface area contributed by atoms with Crippen molar-refractivity contribution in [2.45, 2.75) is 19.0 Å². The Balaban J connectivity index is 1.69. The third-order valence-electron chi connectivity index (χ3n) is 5.49. The van der Waals surface area contributed by atoms with Gasteiger partial charge in [0.1, 0.15) is 22.7 Å². The number of nitrogens with zero attached hydrogens (tertiary/aromatic N) is 2. The number of hydrogen-bond acceptors (Lipinski definition) is 5. The smallest absolute Gasteiger partial charge is 0.274 e. The van der Waals surface area contributed by atoms with E-state index in [0.29, 0.717) is 19.2 Å². The van der Waals surface area contributed by atoms with Crippen molar-refractivity contribution in [1.29, 1.82) is 0 Å². The van der Waals surface area contributed by atoms with Crippen LogP contribution in [-0.2, 0) is 16.8 Å². The number of aromatic nitrogens is 1. The first-order valence-corrected chi connectivity index (χ1v) is 9.35. The third kappa shape index (κ3) is 3.04. The molecule has 0 atom stereocenters. The lowest BCUT2D eigenvalue weighted by Crippen LogP contribution is -2.64. The number of fused-ring (bicyclic) bond motifs is 2. The van der Waals surface area contributed by atoms with E-state index in [-0.39, 0.29) is 36.6 Å². The maximum Gasteiger partial charge on any atom is 0.274 e. The van der Waals surface area contributed by atoms with Crippen LogP contribution in [0.15, 0.2) is 29.2 Å². The molecule has 2 aromatic rings. The van der Waals surface area contributed by atoms with Gasteiger partial charge in [-0.1, -0.05) is 6.07 Å². The third-order valence-corrected chi connectivity index (χ3v) is 5.49. The van der Waals surface area contributed by atoms with Gasteiger partial charge >= 0.3 is 0 Å². The van der Waals surface area contributed by atoms with E-state index in [1.807, 2.05) is 0 Å². The molecule has 0 saturated carbocycles. The molecule has 0 radical (unpaired) electrons. The van der Waals surface area contributed by atoms with Gasteiger partial charge in [0.2, 0.25) is 5.43 Å². The number of hydrogen-bond donors (Lipinski definition) is 2. The fraction of sp³-hybridized carbons (Fsp3) is 0.350. The lowest BCUT2D eigenvalue weighted by atomic mass is 9.91. The SMILES string of the molecule is CCN1CC2(COC2)n2cc(C(=O)NCc3ccc(F)cc3F)c(=O)c(O)c2C1=O. The lowest BCUT2D eigenvalue weighted by molar-refractivity contribution is -0.117. The van der Waals surface area contributed by atoms with Crippen LogP contribution in [0.3, 0.4) is 0 Å². The summed E-state index contributed by atoms with van der Waals surface area (Å²) in [7, 11) is 0. The first-order valence-electron chi connectivity index (χ1n) is 9.35. The quantitative estimate of drug-likeness (QED) is 0.769. The minimum absolute atomic E-state index is 0.0321. The Morgan fingerprint density at radius 1 is 1.30 bits per heavy atom. The highest BCUT2D eigenvalue weighted by atomic mass is 19.1. The number of rotatable bonds is 4. The van der Waals surface area contributed by atoms with Crippen LogP contribution in [0.5, 0.6) is 5.75 Å². The van der Waals surface area contributed by atoms with Crippen molar-refractivity contribution < 1.29 is 28.2 Å². The van der Waals surface area contributed by atoms with Crippen LogP contribution >= 0.6 is 0 Å². The number of pyridine rings is 1. The van der Waals surface area contributed by atoms with Gasteiger partial charge in [0.15, 0.2) is 11.4 Å². The Bertz CT molecular complexity index is 1110. The molecule has 1 spiro atoms. The van der Waals surface area contributed by atoms with E-state index in [2.05, 4.69) is 5.32 Å². The van der Waals surface area contributed by atoms with E-state index in [1.165, 1.54) is 21.7 Å². The Morgan fingerprint density at radius 2 is 2.03 bits per heavy atom. The van der Waals surface area contributed by atoms with Gasteiger partial charge in [0, 0.05) is 37.5 Å². The number of amides is 2. The summed E-state index contributed by atoms with van der Waals surface area (Å²) in [6.45, 7) is 2.72. The van der Waals surface area contributed by atoms with E-state index >= 15 is 0 Å². The van der Waals surface area contributed by atoms with E-state index in [0.717, 1.165) is 6.07 Å². The number of halogens is 2. The van der Waals surface area contributed by atoms with Crippen LogP contribution in [0.2, 0.25) is 0 Å². The number of aromatic hydroxyl groups is 1. The number of benzene rings is 1. The normalized spacial score (nSPS) is 16.9. The van der Waals surface area contributed by atoms with E-state index < -0.39 is 40.2 Å². The van der Waals surface area contributed by atoms with E-state index in [1.54, 1.807) is 6.92 Å². The summed E-state index contributed by atoms with van der Waals surface area (Å²) in [6, 6.07) is 2.92. The zero-order chi connectivity index (χ0) is 21.6. The lowest BCUT2D eigenvalue weighted by Gasteiger charge is -2.50. The molecule has 2 N–H and O–H groups in total. The molecule has 4 rings (SSSR count). The van der Waals surface area contributed by atoms with Crippen molar-refractivity contribution in [1.82, 2.24) is 14.8 Å². The van der Waals surface area contributed by atoms with Gasteiger partial charge in [-0.25, -0.2) is 8.78 Å². The Labute approximate surface area is 169 Å². The van der Waals surface area contributed by atoms with Crippen LogP contribution in [0.25, 0.3) is 0 Å². The second kappa shape index (κ2) is 7.21. The number of carbonyl (C=O) groups excluding carboxylic acids is 2. The molecule has 8 nitrogen and oxygen atoms in total. The number of nitrogens with one attached hydrogen (secondary N) is 1. The molecule has 2 aliphatic heterocycles. The van der Waals surface area contributed by atoms with Crippen molar-refractivity contribution in [3.63, 3.8) is 0 Å². The summed E-state index contributed by atoms with van der Waals surface area (Å²) in [6.07, 6.45) is 1.24.